The third kappa shape index (κ3) is 4.58. The molecule has 1 N–H and O–H groups in total. The first-order valence-electron chi connectivity index (χ1n) is 8.12. The lowest BCUT2D eigenvalue weighted by molar-refractivity contribution is 0.187. The fourth-order valence-electron chi connectivity index (χ4n) is 2.68. The summed E-state index contributed by atoms with van der Waals surface area (Å²) in [4.78, 5) is 2.24. The van der Waals surface area contributed by atoms with Crippen LogP contribution in [0.3, 0.4) is 0 Å². The van der Waals surface area contributed by atoms with Gasteiger partial charge in [-0.3, -0.25) is 0 Å². The first-order valence-corrected chi connectivity index (χ1v) is 8.12. The van der Waals surface area contributed by atoms with Gasteiger partial charge >= 0.3 is 7.12 Å². The van der Waals surface area contributed by atoms with Gasteiger partial charge in [-0.05, 0) is 23.2 Å². The Hall–Kier alpha value is -1.82. The summed E-state index contributed by atoms with van der Waals surface area (Å²) in [5, 5.41) is 3.25. The smallest absolute Gasteiger partial charge is 0.406 e. The van der Waals surface area contributed by atoms with Crippen molar-refractivity contribution in [2.24, 2.45) is 0 Å². The van der Waals surface area contributed by atoms with Gasteiger partial charge in [0.05, 0.1) is 0 Å². The average Bonchev–Trinajstić information content (AvgIpc) is 2.56. The third-order valence-corrected chi connectivity index (χ3v) is 3.96. The van der Waals surface area contributed by atoms with Gasteiger partial charge in [0.25, 0.3) is 0 Å². The van der Waals surface area contributed by atoms with Crippen LogP contribution in [-0.4, -0.2) is 40.5 Å². The number of hydrogen-bond donors (Lipinski definition) is 1. The highest BCUT2D eigenvalue weighted by atomic mass is 16.6. The second-order valence-corrected chi connectivity index (χ2v) is 5.76. The summed E-state index contributed by atoms with van der Waals surface area (Å²) < 4.78 is 11.5. The molecule has 0 atom stereocenters. The number of anilines is 1. The molecule has 1 aliphatic heterocycles. The minimum atomic E-state index is -0.259. The van der Waals surface area contributed by atoms with E-state index in [2.05, 4.69) is 65.8 Å². The number of hydrogen-bond acceptors (Lipinski definition) is 4. The topological polar surface area (TPSA) is 33.7 Å². The Bertz CT molecular complexity index is 584. The lowest BCUT2D eigenvalue weighted by atomic mass is 9.78. The molecular formula is C18H23BN2O2. The standard InChI is InChI=1S/C18H23BN2O2/c1-21(15-16-5-3-2-4-6-16)18-9-7-17(8-10-18)19-22-13-11-20-12-14-23-19/h2-10,20H,11-15H2,1H3. The summed E-state index contributed by atoms with van der Waals surface area (Å²) in [6.45, 7) is 3.97. The monoisotopic (exact) mass is 310 g/mol. The van der Waals surface area contributed by atoms with Crippen LogP contribution < -0.4 is 15.7 Å². The van der Waals surface area contributed by atoms with Gasteiger partial charge in [0.1, 0.15) is 0 Å². The predicted octanol–water partition coefficient (Wildman–Crippen LogP) is 1.65. The van der Waals surface area contributed by atoms with Gasteiger partial charge in [-0.25, -0.2) is 0 Å². The largest absolute Gasteiger partial charge is 0.493 e. The van der Waals surface area contributed by atoms with Crippen molar-refractivity contribution >= 4 is 18.3 Å². The van der Waals surface area contributed by atoms with Crippen LogP contribution in [0.1, 0.15) is 5.56 Å². The average molecular weight is 310 g/mol. The fraction of sp³-hybridized carbons (Fsp3) is 0.333. The molecule has 4 nitrogen and oxygen atoms in total. The number of nitrogens with one attached hydrogen (secondary N) is 1. The predicted molar refractivity (Wildman–Crippen MR) is 95.2 cm³/mol. The van der Waals surface area contributed by atoms with E-state index in [0.717, 1.165) is 25.1 Å². The van der Waals surface area contributed by atoms with Crippen LogP contribution in [0, 0.1) is 0 Å². The summed E-state index contributed by atoms with van der Waals surface area (Å²) in [5.74, 6) is 0. The van der Waals surface area contributed by atoms with E-state index >= 15 is 0 Å². The van der Waals surface area contributed by atoms with Crippen LogP contribution in [0.25, 0.3) is 0 Å². The second-order valence-electron chi connectivity index (χ2n) is 5.76. The molecule has 0 bridgehead atoms. The summed E-state index contributed by atoms with van der Waals surface area (Å²) in [6, 6.07) is 18.9. The van der Waals surface area contributed by atoms with Gasteiger partial charge in [0, 0.05) is 45.6 Å². The minimum absolute atomic E-state index is 0.259. The van der Waals surface area contributed by atoms with Crippen molar-refractivity contribution in [1.29, 1.82) is 0 Å². The highest BCUT2D eigenvalue weighted by Gasteiger charge is 2.22. The highest BCUT2D eigenvalue weighted by Crippen LogP contribution is 2.14. The zero-order chi connectivity index (χ0) is 15.9. The quantitative estimate of drug-likeness (QED) is 0.871. The molecule has 1 aliphatic rings. The Labute approximate surface area is 138 Å². The van der Waals surface area contributed by atoms with Gasteiger partial charge in [-0.1, -0.05) is 42.5 Å². The van der Waals surface area contributed by atoms with Crippen LogP contribution in [0.15, 0.2) is 54.6 Å². The molecule has 0 aromatic heterocycles. The molecule has 23 heavy (non-hydrogen) atoms. The van der Waals surface area contributed by atoms with Gasteiger partial charge in [0.15, 0.2) is 0 Å². The van der Waals surface area contributed by atoms with E-state index in [-0.39, 0.29) is 7.12 Å². The maximum atomic E-state index is 5.77. The van der Waals surface area contributed by atoms with E-state index in [1.807, 2.05) is 6.07 Å². The number of nitrogens with zero attached hydrogens (tertiary/aromatic N) is 1. The fourth-order valence-corrected chi connectivity index (χ4v) is 2.68. The van der Waals surface area contributed by atoms with E-state index in [0.29, 0.717) is 13.2 Å². The lowest BCUT2D eigenvalue weighted by Crippen LogP contribution is -2.43. The molecule has 0 radical (unpaired) electrons. The van der Waals surface area contributed by atoms with E-state index < -0.39 is 0 Å². The molecule has 0 saturated carbocycles. The Morgan fingerprint density at radius 1 is 0.957 bits per heavy atom. The Kier molecular flexibility index (Phi) is 5.69. The highest BCUT2D eigenvalue weighted by molar-refractivity contribution is 6.61. The van der Waals surface area contributed by atoms with Crippen molar-refractivity contribution < 1.29 is 9.31 Å². The molecule has 5 heteroatoms. The van der Waals surface area contributed by atoms with Crippen molar-refractivity contribution in [3.63, 3.8) is 0 Å². The molecule has 1 heterocycles. The van der Waals surface area contributed by atoms with Crippen LogP contribution in [0.2, 0.25) is 0 Å². The van der Waals surface area contributed by atoms with Crippen LogP contribution in [0.4, 0.5) is 5.69 Å². The van der Waals surface area contributed by atoms with Gasteiger partial charge in [-0.15, -0.1) is 0 Å². The molecule has 1 saturated heterocycles. The van der Waals surface area contributed by atoms with E-state index in [4.69, 9.17) is 9.31 Å². The van der Waals surface area contributed by atoms with Crippen molar-refractivity contribution in [2.45, 2.75) is 6.54 Å². The molecule has 1 fully saturated rings. The van der Waals surface area contributed by atoms with Crippen molar-refractivity contribution in [3.8, 4) is 0 Å². The Balaban J connectivity index is 1.63. The maximum absolute atomic E-state index is 5.77. The normalized spacial score (nSPS) is 15.8. The molecule has 0 aliphatic carbocycles. The van der Waals surface area contributed by atoms with Gasteiger partial charge < -0.3 is 19.5 Å². The Morgan fingerprint density at radius 2 is 1.61 bits per heavy atom. The lowest BCUT2D eigenvalue weighted by Gasteiger charge is -2.21. The minimum Gasteiger partial charge on any atom is -0.406 e. The molecule has 3 rings (SSSR count). The first kappa shape index (κ1) is 16.1. The molecular weight excluding hydrogens is 287 g/mol. The van der Waals surface area contributed by atoms with Gasteiger partial charge in [0.2, 0.25) is 0 Å². The SMILES string of the molecule is CN(Cc1ccccc1)c1ccc(B2OCCNCCO2)cc1. The van der Waals surface area contributed by atoms with Gasteiger partial charge in [-0.2, -0.15) is 0 Å². The zero-order valence-corrected chi connectivity index (χ0v) is 13.6. The van der Waals surface area contributed by atoms with Crippen LogP contribution >= 0.6 is 0 Å². The molecule has 2 aromatic carbocycles. The third-order valence-electron chi connectivity index (χ3n) is 3.96. The molecule has 0 amide bonds. The first-order chi connectivity index (χ1) is 11.3. The Morgan fingerprint density at radius 3 is 2.26 bits per heavy atom. The number of rotatable bonds is 4. The van der Waals surface area contributed by atoms with Crippen molar-refractivity contribution in [3.05, 3.63) is 60.2 Å². The van der Waals surface area contributed by atoms with Crippen molar-refractivity contribution in [2.75, 3.05) is 38.3 Å². The summed E-state index contributed by atoms with van der Waals surface area (Å²) in [6.07, 6.45) is 0. The van der Waals surface area contributed by atoms with Crippen molar-refractivity contribution in [1.82, 2.24) is 5.32 Å². The van der Waals surface area contributed by atoms with E-state index in [1.165, 1.54) is 11.3 Å². The maximum Gasteiger partial charge on any atom is 0.493 e. The molecule has 120 valence electrons. The van der Waals surface area contributed by atoms with E-state index in [9.17, 15) is 0 Å². The van der Waals surface area contributed by atoms with E-state index in [1.54, 1.807) is 0 Å². The molecule has 0 unspecified atom stereocenters. The molecule has 0 spiro atoms. The molecule has 2 aromatic rings. The second kappa shape index (κ2) is 8.15. The summed E-state index contributed by atoms with van der Waals surface area (Å²) in [5.41, 5.74) is 3.56. The number of benzene rings is 2. The summed E-state index contributed by atoms with van der Waals surface area (Å²) in [7, 11) is 1.85. The van der Waals surface area contributed by atoms with Crippen LogP contribution in [0.5, 0.6) is 0 Å². The zero-order valence-electron chi connectivity index (χ0n) is 13.6. The van der Waals surface area contributed by atoms with Crippen LogP contribution in [-0.2, 0) is 15.9 Å². The summed E-state index contributed by atoms with van der Waals surface area (Å²) >= 11 is 0.